The van der Waals surface area contributed by atoms with Gasteiger partial charge < -0.3 is 15.7 Å². The molecule has 3 rings (SSSR count). The van der Waals surface area contributed by atoms with Crippen molar-refractivity contribution < 1.29 is 14.3 Å². The monoisotopic (exact) mass is 316 g/mol. The number of anilines is 2. The Balaban J connectivity index is 1.71. The number of aromatic nitrogens is 2. The molecule has 1 heterocycles. The zero-order chi connectivity index (χ0) is 16.2. The van der Waals surface area contributed by atoms with E-state index >= 15 is 0 Å². The molecule has 23 heavy (non-hydrogen) atoms. The van der Waals surface area contributed by atoms with Crippen LogP contribution >= 0.6 is 0 Å². The summed E-state index contributed by atoms with van der Waals surface area (Å²) in [4.78, 5) is 19.3. The molecule has 1 aromatic heterocycles. The van der Waals surface area contributed by atoms with Crippen LogP contribution in [0.25, 0.3) is 0 Å². The number of carbonyl (C=O) groups is 1. The number of rotatable bonds is 7. The Bertz CT molecular complexity index is 702. The van der Waals surface area contributed by atoms with Gasteiger partial charge in [-0.3, -0.25) is 4.79 Å². The van der Waals surface area contributed by atoms with Gasteiger partial charge in [0.2, 0.25) is 5.95 Å². The number of nitrogens with one attached hydrogen (secondary N) is 2. The number of hydrogen-bond donors (Lipinski definition) is 3. The van der Waals surface area contributed by atoms with Gasteiger partial charge >= 0.3 is 5.97 Å². The van der Waals surface area contributed by atoms with Crippen LogP contribution in [0.5, 0.6) is 0 Å². The van der Waals surface area contributed by atoms with E-state index in [4.69, 9.17) is 5.11 Å². The Kier molecular flexibility index (Phi) is 4.36. The molecule has 0 atom stereocenters. The summed E-state index contributed by atoms with van der Waals surface area (Å²) in [7, 11) is 0. The molecule has 1 aliphatic carbocycles. The molecule has 1 saturated carbocycles. The lowest BCUT2D eigenvalue weighted by molar-refractivity contribution is -0.134. The molecular weight excluding hydrogens is 299 g/mol. The number of benzene rings is 1. The molecule has 0 amide bonds. The third-order valence-corrected chi connectivity index (χ3v) is 3.53. The second kappa shape index (κ2) is 6.60. The van der Waals surface area contributed by atoms with Gasteiger partial charge in [0.05, 0.1) is 5.69 Å². The van der Waals surface area contributed by atoms with Crippen LogP contribution in [0.15, 0.2) is 30.3 Å². The lowest BCUT2D eigenvalue weighted by Crippen LogP contribution is -2.15. The zero-order valence-corrected chi connectivity index (χ0v) is 12.4. The third kappa shape index (κ3) is 4.38. The van der Waals surface area contributed by atoms with Crippen molar-refractivity contribution in [3.63, 3.8) is 0 Å². The molecule has 120 valence electrons. The van der Waals surface area contributed by atoms with E-state index in [1.807, 2.05) is 6.07 Å². The molecule has 1 aromatic carbocycles. The van der Waals surface area contributed by atoms with Crippen molar-refractivity contribution in [2.24, 2.45) is 0 Å². The third-order valence-electron chi connectivity index (χ3n) is 3.53. The molecule has 2 aromatic rings. The normalized spacial score (nSPS) is 13.6. The smallest absolute Gasteiger partial charge is 0.322 e. The second-order valence-electron chi connectivity index (χ2n) is 5.50. The highest BCUT2D eigenvalue weighted by Gasteiger charge is 2.26. The van der Waals surface area contributed by atoms with E-state index in [0.717, 1.165) is 24.1 Å². The Labute approximate surface area is 132 Å². The summed E-state index contributed by atoms with van der Waals surface area (Å²) in [6.45, 7) is 0.269. The Morgan fingerprint density at radius 1 is 1.22 bits per heavy atom. The molecule has 6 nitrogen and oxygen atoms in total. The second-order valence-corrected chi connectivity index (χ2v) is 5.50. The summed E-state index contributed by atoms with van der Waals surface area (Å²) < 4.78 is 12.9. The lowest BCUT2D eigenvalue weighted by atomic mass is 10.2. The fourth-order valence-corrected chi connectivity index (χ4v) is 2.17. The quantitative estimate of drug-likeness (QED) is 0.728. The van der Waals surface area contributed by atoms with Crippen LogP contribution in [0.2, 0.25) is 0 Å². The van der Waals surface area contributed by atoms with E-state index in [1.54, 1.807) is 12.1 Å². The van der Waals surface area contributed by atoms with Gasteiger partial charge in [0.15, 0.2) is 0 Å². The predicted octanol–water partition coefficient (Wildman–Crippen LogP) is 2.60. The summed E-state index contributed by atoms with van der Waals surface area (Å²) in [5.41, 5.74) is 1.84. The standard InChI is InChI=1S/C16H17FN4O2/c17-12-5-1-10(2-6-12)8-18-14-7-13(11-3-4-11)20-16(21-14)19-9-15(22)23/h1-2,5-7,11H,3-4,8-9H2,(H,22,23)(H2,18,19,20,21). The van der Waals surface area contributed by atoms with Crippen LogP contribution in [-0.2, 0) is 11.3 Å². The van der Waals surface area contributed by atoms with Crippen LogP contribution in [0, 0.1) is 5.82 Å². The number of carboxylic acid groups (broad SMARTS) is 1. The van der Waals surface area contributed by atoms with E-state index in [2.05, 4.69) is 20.6 Å². The highest BCUT2D eigenvalue weighted by molar-refractivity contribution is 5.72. The van der Waals surface area contributed by atoms with Crippen LogP contribution in [0.1, 0.15) is 30.0 Å². The number of carboxylic acids is 1. The minimum Gasteiger partial charge on any atom is -0.480 e. The highest BCUT2D eigenvalue weighted by atomic mass is 19.1. The first kappa shape index (κ1) is 15.2. The van der Waals surface area contributed by atoms with Crippen molar-refractivity contribution >= 4 is 17.7 Å². The van der Waals surface area contributed by atoms with Crippen LogP contribution in [0.3, 0.4) is 0 Å². The van der Waals surface area contributed by atoms with Crippen LogP contribution < -0.4 is 10.6 Å². The molecule has 1 fully saturated rings. The molecule has 0 aliphatic heterocycles. The summed E-state index contributed by atoms with van der Waals surface area (Å²) in [5.74, 6) is 0.116. The summed E-state index contributed by atoms with van der Waals surface area (Å²) in [6.07, 6.45) is 2.18. The largest absolute Gasteiger partial charge is 0.480 e. The molecule has 0 unspecified atom stereocenters. The van der Waals surface area contributed by atoms with Gasteiger partial charge in [-0.15, -0.1) is 0 Å². The van der Waals surface area contributed by atoms with E-state index in [-0.39, 0.29) is 12.4 Å². The van der Waals surface area contributed by atoms with Gasteiger partial charge in [0.1, 0.15) is 18.2 Å². The maximum atomic E-state index is 12.9. The Hall–Kier alpha value is -2.70. The van der Waals surface area contributed by atoms with Crippen molar-refractivity contribution in [3.8, 4) is 0 Å². The van der Waals surface area contributed by atoms with E-state index < -0.39 is 5.97 Å². The predicted molar refractivity (Wildman–Crippen MR) is 83.9 cm³/mol. The molecule has 0 saturated heterocycles. The number of aliphatic carboxylic acids is 1. The number of nitrogens with zero attached hydrogens (tertiary/aromatic N) is 2. The first-order valence-electron chi connectivity index (χ1n) is 7.43. The molecule has 3 N–H and O–H groups in total. The Morgan fingerprint density at radius 3 is 2.61 bits per heavy atom. The fraction of sp³-hybridized carbons (Fsp3) is 0.312. The van der Waals surface area contributed by atoms with Crippen molar-refractivity contribution in [2.75, 3.05) is 17.2 Å². The van der Waals surface area contributed by atoms with Crippen molar-refractivity contribution in [1.82, 2.24) is 9.97 Å². The summed E-state index contributed by atoms with van der Waals surface area (Å²) in [5, 5.41) is 14.6. The topological polar surface area (TPSA) is 87.1 Å². The SMILES string of the molecule is O=C(O)CNc1nc(NCc2ccc(F)cc2)cc(C2CC2)n1. The van der Waals surface area contributed by atoms with Crippen molar-refractivity contribution in [3.05, 3.63) is 47.4 Å². The Morgan fingerprint density at radius 2 is 1.96 bits per heavy atom. The van der Waals surface area contributed by atoms with E-state index in [0.29, 0.717) is 24.2 Å². The van der Waals surface area contributed by atoms with E-state index in [1.165, 1.54) is 12.1 Å². The lowest BCUT2D eigenvalue weighted by Gasteiger charge is -2.10. The first-order valence-corrected chi connectivity index (χ1v) is 7.43. The molecule has 7 heteroatoms. The fourth-order valence-electron chi connectivity index (χ4n) is 2.17. The van der Waals surface area contributed by atoms with Crippen LogP contribution in [-0.4, -0.2) is 27.6 Å². The average molecular weight is 316 g/mol. The molecule has 1 aliphatic rings. The zero-order valence-electron chi connectivity index (χ0n) is 12.4. The highest BCUT2D eigenvalue weighted by Crippen LogP contribution is 2.39. The minimum absolute atomic E-state index is 0.231. The van der Waals surface area contributed by atoms with Gasteiger partial charge in [-0.05, 0) is 30.5 Å². The number of halogens is 1. The molecule has 0 bridgehead atoms. The maximum absolute atomic E-state index is 12.9. The van der Waals surface area contributed by atoms with Crippen molar-refractivity contribution in [1.29, 1.82) is 0 Å². The van der Waals surface area contributed by atoms with Gasteiger partial charge in [-0.1, -0.05) is 12.1 Å². The van der Waals surface area contributed by atoms with Gasteiger partial charge in [0.25, 0.3) is 0 Å². The summed E-state index contributed by atoms with van der Waals surface area (Å²) >= 11 is 0. The van der Waals surface area contributed by atoms with Crippen LogP contribution in [0.4, 0.5) is 16.2 Å². The number of hydrogen-bond acceptors (Lipinski definition) is 5. The molecule has 0 spiro atoms. The summed E-state index contributed by atoms with van der Waals surface area (Å²) in [6, 6.07) is 8.11. The first-order chi connectivity index (χ1) is 11.1. The average Bonchev–Trinajstić information content (AvgIpc) is 3.37. The van der Waals surface area contributed by atoms with E-state index in [9.17, 15) is 9.18 Å². The molecule has 0 radical (unpaired) electrons. The molecular formula is C16H17FN4O2. The van der Waals surface area contributed by atoms with Gasteiger partial charge in [-0.25, -0.2) is 9.37 Å². The van der Waals surface area contributed by atoms with Crippen molar-refractivity contribution in [2.45, 2.75) is 25.3 Å². The van der Waals surface area contributed by atoms with Gasteiger partial charge in [-0.2, -0.15) is 4.98 Å². The van der Waals surface area contributed by atoms with Gasteiger partial charge in [0, 0.05) is 18.5 Å². The minimum atomic E-state index is -0.966. The maximum Gasteiger partial charge on any atom is 0.322 e.